The van der Waals surface area contributed by atoms with Gasteiger partial charge in [0.1, 0.15) is 0 Å². The van der Waals surface area contributed by atoms with Crippen LogP contribution in [0.2, 0.25) is 78.6 Å². The molecule has 0 amide bonds. The van der Waals surface area contributed by atoms with Gasteiger partial charge >= 0.3 is 62.2 Å². The average Bonchev–Trinajstić information content (AvgIpc) is 2.89. The number of nitrogens with zero attached hydrogens (tertiary/aromatic N) is 2. The molecule has 0 unspecified atom stereocenters. The predicted molar refractivity (Wildman–Crippen MR) is 254 cm³/mol. The molecular formula is C46H84N2O2Si4U2. The molecule has 4 nitrogen and oxygen atoms in total. The van der Waals surface area contributed by atoms with Crippen molar-refractivity contribution in [2.75, 3.05) is 0 Å². The van der Waals surface area contributed by atoms with Gasteiger partial charge in [0, 0.05) is 0 Å². The summed E-state index contributed by atoms with van der Waals surface area (Å²) in [5.41, 5.74) is 3.36. The molecule has 10 heteroatoms. The van der Waals surface area contributed by atoms with Gasteiger partial charge in [0.15, 0.2) is 0 Å². The second-order valence-corrected chi connectivity index (χ2v) is 41.6. The second kappa shape index (κ2) is 25.2. The van der Waals surface area contributed by atoms with E-state index in [9.17, 15) is 10.2 Å². The molecule has 1 aliphatic rings. The van der Waals surface area contributed by atoms with E-state index in [4.69, 9.17) is 9.30 Å². The number of para-hydroxylation sites is 2. The monoisotopic (exact) mass is 1280 g/mol. The van der Waals surface area contributed by atoms with Crippen LogP contribution >= 0.6 is 0 Å². The summed E-state index contributed by atoms with van der Waals surface area (Å²) in [5.74, 6) is 0.412. The van der Waals surface area contributed by atoms with Crippen molar-refractivity contribution in [2.45, 2.75) is 183 Å². The summed E-state index contributed by atoms with van der Waals surface area (Å²) < 4.78 is 9.64. The Hall–Kier alpha value is 0.151. The second-order valence-electron chi connectivity index (χ2n) is 22.4. The zero-order valence-corrected chi connectivity index (χ0v) is 53.0. The van der Waals surface area contributed by atoms with E-state index < -0.39 is 32.9 Å². The number of hydrogen-bond donors (Lipinski definition) is 0. The number of benzene rings is 2. The van der Waals surface area contributed by atoms with Gasteiger partial charge in [-0.1, -0.05) is 253 Å². The number of rotatable bonds is 4. The smallest absolute Gasteiger partial charge is 0.872 e. The molecule has 0 N–H and O–H groups in total. The summed E-state index contributed by atoms with van der Waals surface area (Å²) >= 11 is 0. The Bertz CT molecular complexity index is 1250. The van der Waals surface area contributed by atoms with E-state index in [1.165, 1.54) is 0 Å². The van der Waals surface area contributed by atoms with Crippen molar-refractivity contribution < 1.29 is 72.4 Å². The van der Waals surface area contributed by atoms with Gasteiger partial charge in [0.05, 0.1) is 0 Å². The van der Waals surface area contributed by atoms with Gasteiger partial charge in [-0.25, -0.2) is 0 Å². The number of allylic oxidation sites excluding steroid dienone is 4. The van der Waals surface area contributed by atoms with Crippen molar-refractivity contribution in [3.8, 4) is 11.5 Å². The quantitative estimate of drug-likeness (QED) is 0.226. The Labute approximate surface area is 401 Å². The molecule has 0 bridgehead atoms. The molecule has 314 valence electrons. The molecular weight excluding hydrogens is 1200 g/mol. The van der Waals surface area contributed by atoms with Crippen LogP contribution in [0.15, 0.2) is 60.7 Å². The first-order chi connectivity index (χ1) is 23.7. The molecule has 2 aromatic carbocycles. The first-order valence-electron chi connectivity index (χ1n) is 19.8. The standard InChI is InChI=1S/2C14H22O.2C6H18NSi2.C6H6.2U/c2*1-13(2,3)10-8-7-9-11(12(10)15)14(4,5)6;2*1-8(2,3)7-9(4,5)6;1-2-4-6-5-3-1;;/h2*7-9,15H,1-6H3;2*1-6H3;1-6H;;/q;;2*-1;-2;2*+3/p-2. The van der Waals surface area contributed by atoms with Crippen molar-refractivity contribution in [1.29, 1.82) is 0 Å². The van der Waals surface area contributed by atoms with E-state index in [1.54, 1.807) is 0 Å². The molecule has 2 aromatic rings. The Kier molecular flexibility index (Phi) is 28.2. The summed E-state index contributed by atoms with van der Waals surface area (Å²) in [7, 11) is -4.42. The maximum Gasteiger partial charge on any atom is 3.00 e. The molecule has 1 aliphatic carbocycles. The zero-order valence-electron chi connectivity index (χ0n) is 40.6. The molecule has 0 heterocycles. The van der Waals surface area contributed by atoms with Crippen LogP contribution in [0.25, 0.3) is 9.30 Å². The molecule has 0 aromatic heterocycles. The van der Waals surface area contributed by atoms with Gasteiger partial charge in [-0.05, 0) is 21.7 Å². The summed E-state index contributed by atoms with van der Waals surface area (Å²) in [6.45, 7) is 52.5. The van der Waals surface area contributed by atoms with Crippen LogP contribution in [0.3, 0.4) is 0 Å². The van der Waals surface area contributed by atoms with Crippen molar-refractivity contribution in [2.24, 2.45) is 0 Å². The van der Waals surface area contributed by atoms with E-state index in [0.29, 0.717) is 0 Å². The fourth-order valence-corrected chi connectivity index (χ4v) is 21.9. The van der Waals surface area contributed by atoms with Crippen molar-refractivity contribution in [3.05, 3.63) is 105 Å². The van der Waals surface area contributed by atoms with E-state index in [-0.39, 0.29) is 95.4 Å². The first-order valence-corrected chi connectivity index (χ1v) is 33.6. The van der Waals surface area contributed by atoms with Gasteiger partial charge in [0.25, 0.3) is 0 Å². The van der Waals surface area contributed by atoms with Crippen LogP contribution in [0, 0.1) is 75.1 Å². The minimum atomic E-state index is -1.11. The van der Waals surface area contributed by atoms with Gasteiger partial charge in [-0.15, -0.1) is 11.5 Å². The third kappa shape index (κ3) is 31.1. The van der Waals surface area contributed by atoms with Crippen LogP contribution in [0.5, 0.6) is 11.5 Å². The van der Waals surface area contributed by atoms with E-state index in [2.05, 4.69) is 162 Å². The third-order valence-electron chi connectivity index (χ3n) is 7.27. The fourth-order valence-electron chi connectivity index (χ4n) is 5.83. The van der Waals surface area contributed by atoms with Crippen LogP contribution < -0.4 is 10.2 Å². The fraction of sp³-hybridized carbons (Fsp3) is 0.609. The molecule has 0 fully saturated rings. The Morgan fingerprint density at radius 3 is 0.625 bits per heavy atom. The van der Waals surface area contributed by atoms with E-state index >= 15 is 0 Å². The van der Waals surface area contributed by atoms with Crippen LogP contribution in [-0.2, 0) is 21.7 Å². The van der Waals surface area contributed by atoms with Gasteiger partial charge in [-0.2, -0.15) is 0 Å². The van der Waals surface area contributed by atoms with Crippen molar-refractivity contribution in [1.82, 2.24) is 0 Å². The molecule has 56 heavy (non-hydrogen) atoms. The molecule has 0 atom stereocenters. The minimum absolute atomic E-state index is 0. The van der Waals surface area contributed by atoms with Crippen molar-refractivity contribution >= 4 is 32.9 Å². The Balaban J connectivity index is -0.000000310. The maximum absolute atomic E-state index is 12.3. The Morgan fingerprint density at radius 1 is 0.375 bits per heavy atom. The molecule has 3 rings (SSSR count). The normalized spacial score (nSPS) is 13.1. The largest absolute Gasteiger partial charge is 3.00 e. The van der Waals surface area contributed by atoms with Gasteiger partial charge in [-0.3, -0.25) is 37.1 Å². The van der Waals surface area contributed by atoms with Gasteiger partial charge < -0.3 is 19.5 Å². The molecule has 2 radical (unpaired) electrons. The molecule has 0 aliphatic heterocycles. The maximum atomic E-state index is 12.3. The van der Waals surface area contributed by atoms with Crippen LogP contribution in [0.1, 0.15) is 105 Å². The predicted octanol–water partition coefficient (Wildman–Crippen LogP) is 14.3. The number of hydrogen-bond acceptors (Lipinski definition) is 2. The summed E-state index contributed by atoms with van der Waals surface area (Å²) in [4.78, 5) is 0. The van der Waals surface area contributed by atoms with E-state index in [1.807, 2.05) is 73.5 Å². The van der Waals surface area contributed by atoms with Crippen LogP contribution in [-0.4, -0.2) is 32.9 Å². The minimum Gasteiger partial charge on any atom is -0.872 e. The van der Waals surface area contributed by atoms with Crippen LogP contribution in [0.4, 0.5) is 0 Å². The third-order valence-corrected chi connectivity index (χ3v) is 18.0. The topological polar surface area (TPSA) is 74.3 Å². The summed E-state index contributed by atoms with van der Waals surface area (Å²) in [5, 5.41) is 24.5. The molecule has 0 spiro atoms. The van der Waals surface area contributed by atoms with Crippen molar-refractivity contribution in [3.63, 3.8) is 0 Å². The van der Waals surface area contributed by atoms with E-state index in [0.717, 1.165) is 22.3 Å². The first kappa shape index (κ1) is 62.8. The average molecular weight is 1290 g/mol. The SMILES string of the molecule is C1=C[CH-]C=C[CH-]1.CC(C)(C)c1cccc(C(C)(C)C)c1[O-].CC(C)(C)c1cccc(C(C)(C)C)c1[O-].C[Si](C)(C)[N-][Si](C)(C)C.C[Si](C)(C)[N-][Si](C)(C)C.[U+3].[U+3]. The zero-order chi connectivity index (χ0) is 43.4. The Morgan fingerprint density at radius 2 is 0.536 bits per heavy atom. The van der Waals surface area contributed by atoms with Gasteiger partial charge in [0.2, 0.25) is 0 Å². The molecule has 0 saturated carbocycles. The summed E-state index contributed by atoms with van der Waals surface area (Å²) in [6, 6.07) is 11.7. The summed E-state index contributed by atoms with van der Waals surface area (Å²) in [6.07, 6.45) is 12.0. The molecule has 0 saturated heterocycles.